The first kappa shape index (κ1) is 23.5. The summed E-state index contributed by atoms with van der Waals surface area (Å²) in [5.41, 5.74) is 5.74. The molecule has 4 heteroatoms. The molecule has 2 N–H and O–H groups in total. The van der Waals surface area contributed by atoms with Gasteiger partial charge in [0.2, 0.25) is 0 Å². The minimum absolute atomic E-state index is 0.298. The molecule has 0 fully saturated rings. The molecule has 0 saturated carbocycles. The van der Waals surface area contributed by atoms with E-state index in [1.165, 1.54) is 5.57 Å². The Morgan fingerprint density at radius 3 is 1.62 bits per heavy atom. The van der Waals surface area contributed by atoms with Crippen molar-refractivity contribution in [2.24, 2.45) is 0 Å². The number of allylic oxidation sites excluding steroid dienone is 1. The van der Waals surface area contributed by atoms with Crippen LogP contribution in [0, 0.1) is 25.5 Å². The molecule has 0 aliphatic heterocycles. The number of benzene rings is 3. The van der Waals surface area contributed by atoms with E-state index < -0.39 is 0 Å². The van der Waals surface area contributed by atoms with Crippen LogP contribution in [-0.4, -0.2) is 12.6 Å². The first-order chi connectivity index (χ1) is 15.2. The van der Waals surface area contributed by atoms with Crippen LogP contribution in [-0.2, 0) is 0 Å². The Morgan fingerprint density at radius 1 is 0.781 bits per heavy atom. The van der Waals surface area contributed by atoms with E-state index in [1.807, 2.05) is 62.4 Å². The van der Waals surface area contributed by atoms with Gasteiger partial charge in [0.25, 0.3) is 0 Å². The van der Waals surface area contributed by atoms with Crippen molar-refractivity contribution in [3.05, 3.63) is 82.9 Å². The summed E-state index contributed by atoms with van der Waals surface area (Å²) in [6, 6.07) is 15.2. The van der Waals surface area contributed by atoms with Gasteiger partial charge in [0.1, 0.15) is 11.6 Å². The average Bonchev–Trinajstić information content (AvgIpc) is 2.74. The molecule has 0 heterocycles. The lowest BCUT2D eigenvalue weighted by Crippen LogP contribution is -2.09. The van der Waals surface area contributed by atoms with Crippen LogP contribution in [0.25, 0.3) is 22.3 Å². The lowest BCUT2D eigenvalue weighted by Gasteiger charge is -2.18. The van der Waals surface area contributed by atoms with E-state index in [0.29, 0.717) is 39.4 Å². The molecule has 0 spiro atoms. The van der Waals surface area contributed by atoms with Gasteiger partial charge in [-0.05, 0) is 88.1 Å². The highest BCUT2D eigenvalue weighted by molar-refractivity contribution is 5.79. The fourth-order valence-electron chi connectivity index (χ4n) is 3.80. The van der Waals surface area contributed by atoms with Crippen LogP contribution in [0.2, 0.25) is 0 Å². The smallest absolute Gasteiger partial charge is 0.135 e. The fraction of sp³-hybridized carbons (Fsp3) is 0.286. The topological polar surface area (TPSA) is 24.1 Å². The summed E-state index contributed by atoms with van der Waals surface area (Å²) in [5.74, 6) is -0.761. The number of halogens is 2. The molecule has 0 radical (unpaired) electrons. The van der Waals surface area contributed by atoms with Gasteiger partial charge < -0.3 is 10.6 Å². The average molecular weight is 435 g/mol. The molecule has 0 bridgehead atoms. The van der Waals surface area contributed by atoms with Gasteiger partial charge in [-0.1, -0.05) is 35.9 Å². The normalized spacial score (nSPS) is 10.9. The van der Waals surface area contributed by atoms with Crippen molar-refractivity contribution < 1.29 is 8.78 Å². The van der Waals surface area contributed by atoms with Crippen LogP contribution in [0.15, 0.2) is 60.2 Å². The Kier molecular flexibility index (Phi) is 7.34. The molecule has 168 valence electrons. The van der Waals surface area contributed by atoms with E-state index >= 15 is 8.78 Å². The molecular formula is C28H32F2N2. The number of nitrogens with one attached hydrogen (secondary N) is 2. The summed E-state index contributed by atoms with van der Waals surface area (Å²) in [6.07, 6.45) is 2.10. The molecule has 32 heavy (non-hydrogen) atoms. The molecule has 3 rings (SSSR count). The highest BCUT2D eigenvalue weighted by Gasteiger charge is 2.22. The van der Waals surface area contributed by atoms with Gasteiger partial charge in [-0.3, -0.25) is 0 Å². The Morgan fingerprint density at radius 2 is 1.22 bits per heavy atom. The summed E-state index contributed by atoms with van der Waals surface area (Å²) in [7, 11) is 0. The third kappa shape index (κ3) is 5.18. The monoisotopic (exact) mass is 434 g/mol. The second-order valence-corrected chi connectivity index (χ2v) is 8.74. The van der Waals surface area contributed by atoms with E-state index in [9.17, 15) is 0 Å². The van der Waals surface area contributed by atoms with Crippen LogP contribution in [0.4, 0.5) is 20.2 Å². The van der Waals surface area contributed by atoms with Crippen molar-refractivity contribution in [1.82, 2.24) is 0 Å². The second-order valence-electron chi connectivity index (χ2n) is 8.74. The van der Waals surface area contributed by atoms with E-state index in [1.54, 1.807) is 13.8 Å². The molecule has 0 aliphatic rings. The summed E-state index contributed by atoms with van der Waals surface area (Å²) >= 11 is 0. The number of hydrogen-bond acceptors (Lipinski definition) is 2. The molecule has 0 saturated heterocycles. The quantitative estimate of drug-likeness (QED) is 0.367. The maximum Gasteiger partial charge on any atom is 0.135 e. The maximum atomic E-state index is 15.5. The molecule has 3 aromatic rings. The molecule has 0 aromatic heterocycles. The Labute approximate surface area is 190 Å². The highest BCUT2D eigenvalue weighted by Crippen LogP contribution is 2.38. The summed E-state index contributed by atoms with van der Waals surface area (Å²) < 4.78 is 31.0. The van der Waals surface area contributed by atoms with Crippen molar-refractivity contribution >= 4 is 11.4 Å². The van der Waals surface area contributed by atoms with Crippen molar-refractivity contribution in [3.63, 3.8) is 0 Å². The SMILES string of the molecule is CC(C)=CCNc1ccc(-c2c(C)c(F)c(-c3ccc(NC(C)C)cc3)c(C)c2F)cc1. The first-order valence-electron chi connectivity index (χ1n) is 11.0. The number of rotatable bonds is 7. The molecule has 2 nitrogen and oxygen atoms in total. The van der Waals surface area contributed by atoms with Gasteiger partial charge in [0, 0.05) is 35.1 Å². The van der Waals surface area contributed by atoms with E-state index in [4.69, 9.17) is 0 Å². The van der Waals surface area contributed by atoms with Crippen molar-refractivity contribution in [3.8, 4) is 22.3 Å². The maximum absolute atomic E-state index is 15.5. The van der Waals surface area contributed by atoms with Crippen LogP contribution >= 0.6 is 0 Å². The van der Waals surface area contributed by atoms with Crippen LogP contribution in [0.3, 0.4) is 0 Å². The van der Waals surface area contributed by atoms with Crippen molar-refractivity contribution in [2.75, 3.05) is 17.2 Å². The van der Waals surface area contributed by atoms with Gasteiger partial charge in [0.15, 0.2) is 0 Å². The largest absolute Gasteiger partial charge is 0.383 e. The lowest BCUT2D eigenvalue weighted by molar-refractivity contribution is 0.592. The first-order valence-corrected chi connectivity index (χ1v) is 11.0. The van der Waals surface area contributed by atoms with Crippen LogP contribution in [0.5, 0.6) is 0 Å². The van der Waals surface area contributed by atoms with Gasteiger partial charge in [-0.25, -0.2) is 8.78 Å². The predicted octanol–water partition coefficient (Wildman–Crippen LogP) is 8.11. The van der Waals surface area contributed by atoms with Crippen molar-refractivity contribution in [1.29, 1.82) is 0 Å². The second kappa shape index (κ2) is 9.99. The fourth-order valence-corrected chi connectivity index (χ4v) is 3.80. The van der Waals surface area contributed by atoms with Gasteiger partial charge >= 0.3 is 0 Å². The van der Waals surface area contributed by atoms with Crippen LogP contribution in [0.1, 0.15) is 38.8 Å². The predicted molar refractivity (Wildman–Crippen MR) is 133 cm³/mol. The summed E-state index contributed by atoms with van der Waals surface area (Å²) in [4.78, 5) is 0. The minimum atomic E-state index is -0.381. The molecular weight excluding hydrogens is 402 g/mol. The highest BCUT2D eigenvalue weighted by atomic mass is 19.1. The number of anilines is 2. The van der Waals surface area contributed by atoms with Crippen molar-refractivity contribution in [2.45, 2.75) is 47.6 Å². The minimum Gasteiger partial charge on any atom is -0.383 e. The van der Waals surface area contributed by atoms with E-state index in [0.717, 1.165) is 17.9 Å². The molecule has 0 atom stereocenters. The summed E-state index contributed by atoms with van der Waals surface area (Å²) in [6.45, 7) is 12.2. The number of hydrogen-bond donors (Lipinski definition) is 2. The molecule has 0 amide bonds. The third-order valence-corrected chi connectivity index (χ3v) is 5.47. The van der Waals surface area contributed by atoms with Gasteiger partial charge in [-0.15, -0.1) is 0 Å². The third-order valence-electron chi connectivity index (χ3n) is 5.47. The Balaban J connectivity index is 1.96. The zero-order chi connectivity index (χ0) is 23.4. The standard InChI is InChI=1S/C28H32F2N2/c1-17(2)15-16-31-23-11-7-21(8-12-23)25-19(5)28(30)26(20(6)27(25)29)22-9-13-24(14-10-22)32-18(3)4/h7-15,18,31-32H,16H2,1-6H3. The van der Waals surface area contributed by atoms with Gasteiger partial charge in [-0.2, -0.15) is 0 Å². The lowest BCUT2D eigenvalue weighted by atomic mass is 9.90. The molecule has 0 aliphatic carbocycles. The van der Waals surface area contributed by atoms with E-state index in [2.05, 4.69) is 30.6 Å². The molecule has 0 unspecified atom stereocenters. The summed E-state index contributed by atoms with van der Waals surface area (Å²) in [5, 5.41) is 6.62. The Bertz CT molecular complexity index is 1080. The molecule has 3 aromatic carbocycles. The van der Waals surface area contributed by atoms with E-state index in [-0.39, 0.29) is 11.6 Å². The zero-order valence-electron chi connectivity index (χ0n) is 19.7. The van der Waals surface area contributed by atoms with Crippen LogP contribution < -0.4 is 10.6 Å². The van der Waals surface area contributed by atoms with Gasteiger partial charge in [0.05, 0.1) is 0 Å². The Hall–Kier alpha value is -3.14. The zero-order valence-corrected chi connectivity index (χ0v) is 19.7.